The lowest BCUT2D eigenvalue weighted by Gasteiger charge is -2.41. The van der Waals surface area contributed by atoms with Crippen LogP contribution in [0.25, 0.3) is 0 Å². The Labute approximate surface area is 119 Å². The van der Waals surface area contributed by atoms with E-state index in [1.807, 2.05) is 13.0 Å². The Morgan fingerprint density at radius 1 is 1.50 bits per heavy atom. The molecular formula is C15H22N2O3. The van der Waals surface area contributed by atoms with Crippen LogP contribution in [-0.2, 0) is 4.74 Å². The monoisotopic (exact) mass is 278 g/mol. The summed E-state index contributed by atoms with van der Waals surface area (Å²) >= 11 is 0. The zero-order chi connectivity index (χ0) is 14.9. The summed E-state index contributed by atoms with van der Waals surface area (Å²) in [5.74, 6) is -0.987. The van der Waals surface area contributed by atoms with E-state index in [0.717, 1.165) is 37.2 Å². The van der Waals surface area contributed by atoms with E-state index in [1.165, 1.54) is 0 Å². The lowest BCUT2D eigenvalue weighted by atomic mass is 9.94. The van der Waals surface area contributed by atoms with Gasteiger partial charge in [0.2, 0.25) is 0 Å². The van der Waals surface area contributed by atoms with Crippen molar-refractivity contribution in [2.45, 2.75) is 32.3 Å². The molecule has 2 rings (SSSR count). The SMILES string of the molecule is COC1(C)CCCN(c2cc(C)c(N)c(C(=O)O)c2)C1. The molecule has 1 aromatic rings. The number of hydrogen-bond acceptors (Lipinski definition) is 4. The number of aryl methyl sites for hydroxylation is 1. The molecule has 0 aromatic heterocycles. The zero-order valence-corrected chi connectivity index (χ0v) is 12.3. The Hall–Kier alpha value is -1.75. The highest BCUT2D eigenvalue weighted by Crippen LogP contribution is 2.31. The van der Waals surface area contributed by atoms with Gasteiger partial charge in [-0.3, -0.25) is 0 Å². The Morgan fingerprint density at radius 3 is 2.80 bits per heavy atom. The highest BCUT2D eigenvalue weighted by molar-refractivity contribution is 5.95. The van der Waals surface area contributed by atoms with Crippen molar-refractivity contribution in [3.8, 4) is 0 Å². The molecule has 1 aliphatic rings. The quantitative estimate of drug-likeness (QED) is 0.830. The smallest absolute Gasteiger partial charge is 0.337 e. The number of methoxy groups -OCH3 is 1. The number of carbonyl (C=O) groups is 1. The van der Waals surface area contributed by atoms with Crippen molar-refractivity contribution >= 4 is 17.3 Å². The Bertz CT molecular complexity index is 530. The van der Waals surface area contributed by atoms with Crippen LogP contribution >= 0.6 is 0 Å². The van der Waals surface area contributed by atoms with Crippen LogP contribution < -0.4 is 10.6 Å². The van der Waals surface area contributed by atoms with E-state index in [1.54, 1.807) is 13.2 Å². The molecule has 1 saturated heterocycles. The predicted molar refractivity (Wildman–Crippen MR) is 79.4 cm³/mol. The number of carboxylic acids is 1. The molecule has 1 atom stereocenters. The number of aromatic carboxylic acids is 1. The Balaban J connectivity index is 2.35. The van der Waals surface area contributed by atoms with E-state index >= 15 is 0 Å². The maximum atomic E-state index is 11.3. The second-order valence-electron chi connectivity index (χ2n) is 5.71. The van der Waals surface area contributed by atoms with Gasteiger partial charge < -0.3 is 20.5 Å². The molecule has 0 radical (unpaired) electrons. The van der Waals surface area contributed by atoms with Crippen LogP contribution in [0.3, 0.4) is 0 Å². The van der Waals surface area contributed by atoms with Gasteiger partial charge >= 0.3 is 5.97 Å². The number of anilines is 2. The summed E-state index contributed by atoms with van der Waals surface area (Å²) in [6, 6.07) is 3.61. The summed E-state index contributed by atoms with van der Waals surface area (Å²) < 4.78 is 5.58. The average Bonchev–Trinajstić information content (AvgIpc) is 2.41. The van der Waals surface area contributed by atoms with Crippen LogP contribution in [0, 0.1) is 6.92 Å². The summed E-state index contributed by atoms with van der Waals surface area (Å²) in [5.41, 5.74) is 7.86. The molecular weight excluding hydrogens is 256 g/mol. The number of nitrogen functional groups attached to an aromatic ring is 1. The largest absolute Gasteiger partial charge is 0.478 e. The van der Waals surface area contributed by atoms with E-state index in [-0.39, 0.29) is 11.2 Å². The molecule has 1 heterocycles. The van der Waals surface area contributed by atoms with Crippen LogP contribution in [0.4, 0.5) is 11.4 Å². The molecule has 0 saturated carbocycles. The summed E-state index contributed by atoms with van der Waals surface area (Å²) in [4.78, 5) is 13.4. The van der Waals surface area contributed by atoms with Crippen LogP contribution in [0.5, 0.6) is 0 Å². The second kappa shape index (κ2) is 5.32. The van der Waals surface area contributed by atoms with Crippen molar-refractivity contribution in [1.82, 2.24) is 0 Å². The maximum absolute atomic E-state index is 11.3. The van der Waals surface area contributed by atoms with Gasteiger partial charge in [-0.2, -0.15) is 0 Å². The average molecular weight is 278 g/mol. The third-order valence-electron chi connectivity index (χ3n) is 4.12. The number of hydrogen-bond donors (Lipinski definition) is 2. The standard InChI is InChI=1S/C15H22N2O3/c1-10-7-11(8-12(13(10)16)14(18)19)17-6-4-5-15(2,9-17)20-3/h7-8H,4-6,9,16H2,1-3H3,(H,18,19). The van der Waals surface area contributed by atoms with Crippen molar-refractivity contribution in [2.75, 3.05) is 30.8 Å². The van der Waals surface area contributed by atoms with E-state index < -0.39 is 5.97 Å². The predicted octanol–water partition coefficient (Wildman–Crippen LogP) is 2.28. The van der Waals surface area contributed by atoms with E-state index in [0.29, 0.717) is 5.69 Å². The number of carboxylic acid groups (broad SMARTS) is 1. The highest BCUT2D eigenvalue weighted by atomic mass is 16.5. The first-order valence-corrected chi connectivity index (χ1v) is 6.80. The Morgan fingerprint density at radius 2 is 2.20 bits per heavy atom. The minimum atomic E-state index is -0.987. The van der Waals surface area contributed by atoms with Gasteiger partial charge in [0.05, 0.1) is 11.2 Å². The molecule has 3 N–H and O–H groups in total. The number of benzene rings is 1. The molecule has 0 spiro atoms. The van der Waals surface area contributed by atoms with E-state index in [2.05, 4.69) is 11.8 Å². The van der Waals surface area contributed by atoms with Crippen LogP contribution in [0.15, 0.2) is 12.1 Å². The number of nitrogens with zero attached hydrogens (tertiary/aromatic N) is 1. The summed E-state index contributed by atoms with van der Waals surface area (Å²) in [5, 5.41) is 9.24. The van der Waals surface area contributed by atoms with Crippen molar-refractivity contribution in [1.29, 1.82) is 0 Å². The minimum Gasteiger partial charge on any atom is -0.478 e. The highest BCUT2D eigenvalue weighted by Gasteiger charge is 2.31. The van der Waals surface area contributed by atoms with E-state index in [9.17, 15) is 9.90 Å². The molecule has 0 aliphatic carbocycles. The van der Waals surface area contributed by atoms with Crippen molar-refractivity contribution in [3.63, 3.8) is 0 Å². The topological polar surface area (TPSA) is 75.8 Å². The van der Waals surface area contributed by atoms with Gasteiger partial charge in [-0.05, 0) is 44.4 Å². The molecule has 5 nitrogen and oxygen atoms in total. The molecule has 0 bridgehead atoms. The fraction of sp³-hybridized carbons (Fsp3) is 0.533. The molecule has 1 aromatic carbocycles. The van der Waals surface area contributed by atoms with Crippen molar-refractivity contribution in [3.05, 3.63) is 23.3 Å². The number of piperidine rings is 1. The molecule has 0 amide bonds. The number of ether oxygens (including phenoxy) is 1. The van der Waals surface area contributed by atoms with Gasteiger partial charge in [0.1, 0.15) is 0 Å². The van der Waals surface area contributed by atoms with Gasteiger partial charge in [0.25, 0.3) is 0 Å². The molecule has 20 heavy (non-hydrogen) atoms. The first-order chi connectivity index (χ1) is 9.36. The van der Waals surface area contributed by atoms with Gasteiger partial charge in [-0.1, -0.05) is 0 Å². The first-order valence-electron chi connectivity index (χ1n) is 6.80. The van der Waals surface area contributed by atoms with E-state index in [4.69, 9.17) is 10.5 Å². The molecule has 1 fully saturated rings. The van der Waals surface area contributed by atoms with Gasteiger partial charge in [-0.15, -0.1) is 0 Å². The summed E-state index contributed by atoms with van der Waals surface area (Å²) in [6.07, 6.45) is 2.04. The minimum absolute atomic E-state index is 0.171. The molecule has 1 aliphatic heterocycles. The third-order valence-corrected chi connectivity index (χ3v) is 4.12. The zero-order valence-electron chi connectivity index (χ0n) is 12.3. The fourth-order valence-corrected chi connectivity index (χ4v) is 2.73. The van der Waals surface area contributed by atoms with Crippen molar-refractivity contribution < 1.29 is 14.6 Å². The Kier molecular flexibility index (Phi) is 3.90. The summed E-state index contributed by atoms with van der Waals surface area (Å²) in [7, 11) is 1.72. The third kappa shape index (κ3) is 2.72. The van der Waals surface area contributed by atoms with Gasteiger partial charge in [0, 0.05) is 31.6 Å². The maximum Gasteiger partial charge on any atom is 0.337 e. The van der Waals surface area contributed by atoms with Crippen molar-refractivity contribution in [2.24, 2.45) is 0 Å². The number of nitrogens with two attached hydrogens (primary N) is 1. The first kappa shape index (κ1) is 14.7. The summed E-state index contributed by atoms with van der Waals surface area (Å²) in [6.45, 7) is 5.58. The van der Waals surface area contributed by atoms with Crippen LogP contribution in [0.1, 0.15) is 35.7 Å². The lowest BCUT2D eigenvalue weighted by Crippen LogP contribution is -2.47. The molecule has 5 heteroatoms. The fourth-order valence-electron chi connectivity index (χ4n) is 2.73. The number of rotatable bonds is 3. The molecule has 110 valence electrons. The van der Waals surface area contributed by atoms with Crippen LogP contribution in [0.2, 0.25) is 0 Å². The molecule has 1 unspecified atom stereocenters. The normalized spacial score (nSPS) is 22.9. The second-order valence-corrected chi connectivity index (χ2v) is 5.71. The van der Waals surface area contributed by atoms with Gasteiger partial charge in [-0.25, -0.2) is 4.79 Å². The van der Waals surface area contributed by atoms with Gasteiger partial charge in [0.15, 0.2) is 0 Å². The van der Waals surface area contributed by atoms with Crippen LogP contribution in [-0.4, -0.2) is 36.9 Å². The lowest BCUT2D eigenvalue weighted by molar-refractivity contribution is -0.00465.